The van der Waals surface area contributed by atoms with Crippen molar-refractivity contribution in [1.82, 2.24) is 18.7 Å². The number of fused-ring (bicyclic) bond motifs is 1. The van der Waals surface area contributed by atoms with Gasteiger partial charge in [-0.1, -0.05) is 30.3 Å². The highest BCUT2D eigenvalue weighted by Crippen LogP contribution is 2.20. The smallest absolute Gasteiger partial charge is 0.332 e. The SMILES string of the molecule is CC(C)Oc1nc2c(c(=O)n(C)c(=O)n2C)n1Cc1ccccc1. The lowest BCUT2D eigenvalue weighted by Crippen LogP contribution is -2.37. The number of imidazole rings is 1. The molecule has 0 fully saturated rings. The molecule has 0 atom stereocenters. The van der Waals surface area contributed by atoms with Gasteiger partial charge in [0.05, 0.1) is 12.6 Å². The van der Waals surface area contributed by atoms with Crippen LogP contribution in [0.3, 0.4) is 0 Å². The van der Waals surface area contributed by atoms with Crippen molar-refractivity contribution >= 4 is 11.2 Å². The number of benzene rings is 1. The molecule has 3 aromatic rings. The summed E-state index contributed by atoms with van der Waals surface area (Å²) in [5, 5.41) is 0. The van der Waals surface area contributed by atoms with Crippen molar-refractivity contribution in [3.8, 4) is 6.01 Å². The van der Waals surface area contributed by atoms with Crippen LogP contribution < -0.4 is 16.0 Å². The highest BCUT2D eigenvalue weighted by molar-refractivity contribution is 5.72. The summed E-state index contributed by atoms with van der Waals surface area (Å²) < 4.78 is 9.96. The maximum absolute atomic E-state index is 12.6. The normalized spacial score (nSPS) is 11.4. The van der Waals surface area contributed by atoms with Crippen LogP contribution in [-0.4, -0.2) is 24.8 Å². The van der Waals surface area contributed by atoms with E-state index < -0.39 is 5.69 Å². The van der Waals surface area contributed by atoms with E-state index in [9.17, 15) is 9.59 Å². The minimum Gasteiger partial charge on any atom is -0.462 e. The molecule has 0 aliphatic heterocycles. The Morgan fingerprint density at radius 3 is 2.38 bits per heavy atom. The molecule has 0 saturated carbocycles. The van der Waals surface area contributed by atoms with Gasteiger partial charge in [-0.25, -0.2) is 4.79 Å². The Balaban J connectivity index is 2.31. The number of nitrogens with zero attached hydrogens (tertiary/aromatic N) is 4. The lowest BCUT2D eigenvalue weighted by Gasteiger charge is -2.12. The first kappa shape index (κ1) is 16.0. The molecule has 0 N–H and O–H groups in total. The Morgan fingerprint density at radius 2 is 1.75 bits per heavy atom. The first-order valence-electron chi connectivity index (χ1n) is 7.77. The van der Waals surface area contributed by atoms with Gasteiger partial charge in [-0.15, -0.1) is 0 Å². The van der Waals surface area contributed by atoms with Gasteiger partial charge in [0, 0.05) is 14.1 Å². The number of hydrogen-bond donors (Lipinski definition) is 0. The van der Waals surface area contributed by atoms with Gasteiger partial charge in [-0.05, 0) is 19.4 Å². The van der Waals surface area contributed by atoms with Gasteiger partial charge in [-0.3, -0.25) is 18.5 Å². The van der Waals surface area contributed by atoms with Crippen LogP contribution >= 0.6 is 0 Å². The minimum absolute atomic E-state index is 0.0998. The minimum atomic E-state index is -0.409. The Labute approximate surface area is 138 Å². The summed E-state index contributed by atoms with van der Waals surface area (Å²) in [6.45, 7) is 4.22. The zero-order chi connectivity index (χ0) is 17.4. The van der Waals surface area contributed by atoms with E-state index in [-0.39, 0.29) is 11.7 Å². The van der Waals surface area contributed by atoms with Crippen molar-refractivity contribution < 1.29 is 4.74 Å². The molecular formula is C17H20N4O3. The highest BCUT2D eigenvalue weighted by Gasteiger charge is 2.20. The van der Waals surface area contributed by atoms with Gasteiger partial charge in [0.25, 0.3) is 11.6 Å². The Kier molecular flexibility index (Phi) is 4.01. The van der Waals surface area contributed by atoms with Crippen LogP contribution in [-0.2, 0) is 20.6 Å². The summed E-state index contributed by atoms with van der Waals surface area (Å²) in [6, 6.07) is 10.1. The molecule has 7 nitrogen and oxygen atoms in total. The Morgan fingerprint density at radius 1 is 1.08 bits per heavy atom. The molecule has 24 heavy (non-hydrogen) atoms. The second kappa shape index (κ2) is 5.99. The maximum Gasteiger partial charge on any atom is 0.332 e. The third-order valence-electron chi connectivity index (χ3n) is 3.84. The van der Waals surface area contributed by atoms with Crippen LogP contribution in [0, 0.1) is 0 Å². The number of ether oxygens (including phenoxy) is 1. The van der Waals surface area contributed by atoms with Crippen molar-refractivity contribution in [2.24, 2.45) is 14.1 Å². The van der Waals surface area contributed by atoms with Crippen LogP contribution in [0.5, 0.6) is 6.01 Å². The van der Waals surface area contributed by atoms with Gasteiger partial charge in [0.15, 0.2) is 11.2 Å². The maximum atomic E-state index is 12.6. The highest BCUT2D eigenvalue weighted by atomic mass is 16.5. The fraction of sp³-hybridized carbons (Fsp3) is 0.353. The summed E-state index contributed by atoms with van der Waals surface area (Å²) in [6.07, 6.45) is -0.0998. The Hall–Kier alpha value is -2.83. The van der Waals surface area contributed by atoms with Crippen molar-refractivity contribution in [1.29, 1.82) is 0 Å². The molecule has 2 aromatic heterocycles. The number of rotatable bonds is 4. The third-order valence-corrected chi connectivity index (χ3v) is 3.84. The van der Waals surface area contributed by atoms with E-state index in [0.717, 1.165) is 10.1 Å². The van der Waals surface area contributed by atoms with Crippen LogP contribution in [0.25, 0.3) is 11.2 Å². The summed E-state index contributed by atoms with van der Waals surface area (Å²) in [5.41, 5.74) is 0.915. The Bertz CT molecular complexity index is 997. The van der Waals surface area contributed by atoms with E-state index in [1.54, 1.807) is 11.6 Å². The monoisotopic (exact) mass is 328 g/mol. The lowest BCUT2D eigenvalue weighted by atomic mass is 10.2. The van der Waals surface area contributed by atoms with Gasteiger partial charge >= 0.3 is 5.69 Å². The largest absolute Gasteiger partial charge is 0.462 e. The molecule has 126 valence electrons. The van der Waals surface area contributed by atoms with Crippen molar-refractivity contribution in [3.63, 3.8) is 0 Å². The molecule has 0 aliphatic carbocycles. The van der Waals surface area contributed by atoms with Crippen molar-refractivity contribution in [3.05, 3.63) is 56.7 Å². The molecule has 0 saturated heterocycles. The average molecular weight is 328 g/mol. The molecule has 0 spiro atoms. The first-order chi connectivity index (χ1) is 11.4. The van der Waals surface area contributed by atoms with Crippen molar-refractivity contribution in [2.75, 3.05) is 0 Å². The van der Waals surface area contributed by atoms with E-state index in [1.807, 2.05) is 44.2 Å². The zero-order valence-electron chi connectivity index (χ0n) is 14.2. The topological polar surface area (TPSA) is 71.1 Å². The molecule has 3 rings (SSSR count). The quantitative estimate of drug-likeness (QED) is 0.723. The van der Waals surface area contributed by atoms with Crippen LogP contribution in [0.4, 0.5) is 0 Å². The van der Waals surface area contributed by atoms with Crippen LogP contribution in [0.15, 0.2) is 39.9 Å². The molecule has 2 heterocycles. The molecule has 0 unspecified atom stereocenters. The van der Waals surface area contributed by atoms with Gasteiger partial charge in [0.1, 0.15) is 0 Å². The fourth-order valence-electron chi connectivity index (χ4n) is 2.64. The van der Waals surface area contributed by atoms with Gasteiger partial charge in [0.2, 0.25) is 0 Å². The van der Waals surface area contributed by atoms with E-state index in [0.29, 0.717) is 23.7 Å². The second-order valence-electron chi connectivity index (χ2n) is 6.01. The number of hydrogen-bond acceptors (Lipinski definition) is 4. The molecule has 0 bridgehead atoms. The van der Waals surface area contributed by atoms with Crippen LogP contribution in [0.2, 0.25) is 0 Å². The number of aromatic nitrogens is 4. The predicted octanol–water partition coefficient (Wildman–Crippen LogP) is 1.27. The second-order valence-corrected chi connectivity index (χ2v) is 6.01. The van der Waals surface area contributed by atoms with E-state index >= 15 is 0 Å². The van der Waals surface area contributed by atoms with Crippen molar-refractivity contribution in [2.45, 2.75) is 26.5 Å². The lowest BCUT2D eigenvalue weighted by molar-refractivity contribution is 0.214. The summed E-state index contributed by atoms with van der Waals surface area (Å²) in [7, 11) is 3.07. The van der Waals surface area contributed by atoms with E-state index in [2.05, 4.69) is 4.98 Å². The molecule has 7 heteroatoms. The van der Waals surface area contributed by atoms with Crippen LogP contribution in [0.1, 0.15) is 19.4 Å². The molecule has 1 aromatic carbocycles. The van der Waals surface area contributed by atoms with E-state index in [1.165, 1.54) is 11.6 Å². The third kappa shape index (κ3) is 2.62. The molecule has 0 amide bonds. The van der Waals surface area contributed by atoms with E-state index in [4.69, 9.17) is 4.74 Å². The predicted molar refractivity (Wildman–Crippen MR) is 91.5 cm³/mol. The zero-order valence-corrected chi connectivity index (χ0v) is 14.2. The molecule has 0 aliphatic rings. The summed E-state index contributed by atoms with van der Waals surface area (Å²) in [5.74, 6) is 0. The molecular weight excluding hydrogens is 308 g/mol. The van der Waals surface area contributed by atoms with Gasteiger partial charge < -0.3 is 4.74 Å². The summed E-state index contributed by atoms with van der Waals surface area (Å²) >= 11 is 0. The molecule has 0 radical (unpaired) electrons. The standard InChI is InChI=1S/C17H20N4O3/c1-11(2)24-16-18-14-13(15(22)20(4)17(23)19(14)3)21(16)10-12-8-6-5-7-9-12/h5-9,11H,10H2,1-4H3. The first-order valence-corrected chi connectivity index (χ1v) is 7.77. The average Bonchev–Trinajstić information content (AvgIpc) is 2.90. The summed E-state index contributed by atoms with van der Waals surface area (Å²) in [4.78, 5) is 29.2. The van der Waals surface area contributed by atoms with Gasteiger partial charge in [-0.2, -0.15) is 4.98 Å². The fourth-order valence-corrected chi connectivity index (χ4v) is 2.64. The number of aryl methyl sites for hydroxylation is 1.